The molecule has 0 aliphatic rings. The van der Waals surface area contributed by atoms with Crippen molar-refractivity contribution in [1.29, 1.82) is 0 Å². The molecule has 0 unspecified atom stereocenters. The van der Waals surface area contributed by atoms with Gasteiger partial charge in [0.05, 0.1) is 4.90 Å². The van der Waals surface area contributed by atoms with Gasteiger partial charge in [-0.05, 0) is 48.5 Å². The van der Waals surface area contributed by atoms with Gasteiger partial charge in [0.15, 0.2) is 0 Å². The lowest BCUT2D eigenvalue weighted by molar-refractivity contribution is 0.0950. The summed E-state index contributed by atoms with van der Waals surface area (Å²) in [7, 11) is -3.97. The average molecular weight is 402 g/mol. The van der Waals surface area contributed by atoms with Crippen molar-refractivity contribution in [2.75, 3.05) is 4.72 Å². The largest absolute Gasteiger partial charge is 0.348 e. The van der Waals surface area contributed by atoms with Crippen molar-refractivity contribution in [3.63, 3.8) is 0 Å². The number of amides is 1. The SMILES string of the molecule is O=C(NCc1ccccc1F)c1cccc(S(=O)(=O)Nc2ccc(F)cc2)c1. The van der Waals surface area contributed by atoms with Crippen LogP contribution in [0.5, 0.6) is 0 Å². The summed E-state index contributed by atoms with van der Waals surface area (Å²) in [5.74, 6) is -1.47. The molecule has 3 aromatic carbocycles. The van der Waals surface area contributed by atoms with E-state index in [0.717, 1.165) is 12.1 Å². The van der Waals surface area contributed by atoms with Gasteiger partial charge in [-0.2, -0.15) is 0 Å². The summed E-state index contributed by atoms with van der Waals surface area (Å²) in [6.07, 6.45) is 0. The fraction of sp³-hybridized carbons (Fsp3) is 0.0500. The van der Waals surface area contributed by atoms with Gasteiger partial charge in [0.2, 0.25) is 0 Å². The van der Waals surface area contributed by atoms with E-state index in [1.54, 1.807) is 18.2 Å². The molecule has 0 radical (unpaired) electrons. The standard InChI is InChI=1S/C20H16F2N2O3S/c21-16-8-10-17(11-9-16)24-28(26,27)18-6-3-5-14(12-18)20(25)23-13-15-4-1-2-7-19(15)22/h1-12,24H,13H2,(H,23,25). The maximum Gasteiger partial charge on any atom is 0.261 e. The molecule has 5 nitrogen and oxygen atoms in total. The van der Waals surface area contributed by atoms with Gasteiger partial charge < -0.3 is 5.32 Å². The molecule has 1 amide bonds. The molecule has 0 aliphatic carbocycles. The van der Waals surface area contributed by atoms with Gasteiger partial charge in [0.25, 0.3) is 15.9 Å². The second-order valence-electron chi connectivity index (χ2n) is 5.91. The molecular weight excluding hydrogens is 386 g/mol. The number of hydrogen-bond donors (Lipinski definition) is 2. The van der Waals surface area contributed by atoms with Crippen LogP contribution in [0.1, 0.15) is 15.9 Å². The fourth-order valence-corrected chi connectivity index (χ4v) is 3.56. The van der Waals surface area contributed by atoms with Crippen LogP contribution in [0, 0.1) is 11.6 Å². The predicted molar refractivity (Wildman–Crippen MR) is 101 cm³/mol. The highest BCUT2D eigenvalue weighted by atomic mass is 32.2. The summed E-state index contributed by atoms with van der Waals surface area (Å²) >= 11 is 0. The van der Waals surface area contributed by atoms with E-state index < -0.39 is 27.6 Å². The molecule has 0 heterocycles. The molecule has 0 fully saturated rings. The normalized spacial score (nSPS) is 11.1. The van der Waals surface area contributed by atoms with Crippen LogP contribution in [0.3, 0.4) is 0 Å². The van der Waals surface area contributed by atoms with E-state index in [1.807, 2.05) is 0 Å². The lowest BCUT2D eigenvalue weighted by atomic mass is 10.2. The molecule has 0 bridgehead atoms. The zero-order chi connectivity index (χ0) is 20.1. The van der Waals surface area contributed by atoms with Gasteiger partial charge in [-0.25, -0.2) is 17.2 Å². The first-order chi connectivity index (χ1) is 13.3. The van der Waals surface area contributed by atoms with Crippen LogP contribution in [0.4, 0.5) is 14.5 Å². The number of halogens is 2. The van der Waals surface area contributed by atoms with Gasteiger partial charge in [0, 0.05) is 23.4 Å². The Labute approximate surface area is 161 Å². The second kappa shape index (κ2) is 8.18. The third-order valence-corrected chi connectivity index (χ3v) is 5.28. The minimum atomic E-state index is -3.97. The van der Waals surface area contributed by atoms with E-state index in [1.165, 1.54) is 42.5 Å². The van der Waals surface area contributed by atoms with Gasteiger partial charge in [-0.1, -0.05) is 24.3 Å². The summed E-state index contributed by atoms with van der Waals surface area (Å²) in [6.45, 7) is -0.0314. The smallest absolute Gasteiger partial charge is 0.261 e. The number of carbonyl (C=O) groups excluding carboxylic acids is 1. The van der Waals surface area contributed by atoms with E-state index in [4.69, 9.17) is 0 Å². The highest BCUT2D eigenvalue weighted by molar-refractivity contribution is 7.92. The molecule has 0 aromatic heterocycles. The molecule has 3 rings (SSSR count). The highest BCUT2D eigenvalue weighted by Crippen LogP contribution is 2.18. The molecule has 3 aromatic rings. The molecule has 0 spiro atoms. The Hall–Kier alpha value is -3.26. The van der Waals surface area contributed by atoms with Gasteiger partial charge in [0.1, 0.15) is 11.6 Å². The first kappa shape index (κ1) is 19.5. The summed E-state index contributed by atoms with van der Waals surface area (Å²) in [6, 6.07) is 16.3. The molecule has 0 aliphatic heterocycles. The monoisotopic (exact) mass is 402 g/mol. The van der Waals surface area contributed by atoms with Gasteiger partial charge >= 0.3 is 0 Å². The maximum atomic E-state index is 13.6. The van der Waals surface area contributed by atoms with Crippen LogP contribution < -0.4 is 10.0 Å². The molecule has 8 heteroatoms. The van der Waals surface area contributed by atoms with E-state index in [2.05, 4.69) is 10.0 Å². The molecular formula is C20H16F2N2O3S. The van der Waals surface area contributed by atoms with E-state index in [0.29, 0.717) is 5.56 Å². The lowest BCUT2D eigenvalue weighted by Gasteiger charge is -2.10. The number of hydrogen-bond acceptors (Lipinski definition) is 3. The number of rotatable bonds is 6. The first-order valence-electron chi connectivity index (χ1n) is 8.25. The summed E-state index contributed by atoms with van der Waals surface area (Å²) in [5, 5.41) is 2.55. The van der Waals surface area contributed by atoms with Crippen LogP contribution in [-0.4, -0.2) is 14.3 Å². The van der Waals surface area contributed by atoms with Gasteiger partial charge in [-0.3, -0.25) is 9.52 Å². The highest BCUT2D eigenvalue weighted by Gasteiger charge is 2.17. The number of nitrogens with one attached hydrogen (secondary N) is 2. The third kappa shape index (κ3) is 4.72. The Kier molecular flexibility index (Phi) is 5.70. The van der Waals surface area contributed by atoms with Crippen molar-refractivity contribution < 1.29 is 22.0 Å². The summed E-state index contributed by atoms with van der Waals surface area (Å²) < 4.78 is 53.9. The topological polar surface area (TPSA) is 75.3 Å². The molecule has 0 saturated carbocycles. The summed E-state index contributed by atoms with van der Waals surface area (Å²) in [5.41, 5.74) is 0.617. The molecule has 2 N–H and O–H groups in total. The third-order valence-electron chi connectivity index (χ3n) is 3.90. The zero-order valence-corrected chi connectivity index (χ0v) is 15.3. The zero-order valence-electron chi connectivity index (χ0n) is 14.5. The Bertz CT molecular complexity index is 1100. The summed E-state index contributed by atoms with van der Waals surface area (Å²) in [4.78, 5) is 12.2. The van der Waals surface area contributed by atoms with Crippen molar-refractivity contribution in [1.82, 2.24) is 5.32 Å². The quantitative estimate of drug-likeness (QED) is 0.660. The van der Waals surface area contributed by atoms with E-state index in [9.17, 15) is 22.0 Å². The number of carbonyl (C=O) groups is 1. The number of sulfonamides is 1. The van der Waals surface area contributed by atoms with E-state index in [-0.39, 0.29) is 22.7 Å². The first-order valence-corrected chi connectivity index (χ1v) is 9.73. The fourth-order valence-electron chi connectivity index (χ4n) is 2.46. The minimum absolute atomic E-state index is 0.0314. The molecule has 0 saturated heterocycles. The van der Waals surface area contributed by atoms with Crippen LogP contribution >= 0.6 is 0 Å². The number of anilines is 1. The predicted octanol–water partition coefficient (Wildman–Crippen LogP) is 3.70. The Morgan fingerprint density at radius 1 is 0.893 bits per heavy atom. The Morgan fingerprint density at radius 2 is 1.61 bits per heavy atom. The Morgan fingerprint density at radius 3 is 2.32 bits per heavy atom. The molecule has 0 atom stereocenters. The van der Waals surface area contributed by atoms with Crippen LogP contribution in [0.2, 0.25) is 0 Å². The van der Waals surface area contributed by atoms with Gasteiger partial charge in [-0.15, -0.1) is 0 Å². The number of benzene rings is 3. The van der Waals surface area contributed by atoms with Crippen molar-refractivity contribution in [2.45, 2.75) is 11.4 Å². The average Bonchev–Trinajstić information content (AvgIpc) is 2.69. The van der Waals surface area contributed by atoms with Crippen molar-refractivity contribution >= 4 is 21.6 Å². The molecule has 144 valence electrons. The second-order valence-corrected chi connectivity index (χ2v) is 7.60. The lowest BCUT2D eigenvalue weighted by Crippen LogP contribution is -2.23. The van der Waals surface area contributed by atoms with Crippen LogP contribution in [0.15, 0.2) is 77.7 Å². The van der Waals surface area contributed by atoms with E-state index >= 15 is 0 Å². The Balaban J connectivity index is 1.74. The van der Waals surface area contributed by atoms with Crippen LogP contribution in [-0.2, 0) is 16.6 Å². The molecule has 28 heavy (non-hydrogen) atoms. The van der Waals surface area contributed by atoms with Crippen molar-refractivity contribution in [3.05, 3.63) is 95.6 Å². The van der Waals surface area contributed by atoms with Crippen molar-refractivity contribution in [2.24, 2.45) is 0 Å². The van der Waals surface area contributed by atoms with Crippen LogP contribution in [0.25, 0.3) is 0 Å². The van der Waals surface area contributed by atoms with Crippen molar-refractivity contribution in [3.8, 4) is 0 Å². The maximum absolute atomic E-state index is 13.6. The minimum Gasteiger partial charge on any atom is -0.348 e.